The summed E-state index contributed by atoms with van der Waals surface area (Å²) in [4.78, 5) is 10.8. The second-order valence-corrected chi connectivity index (χ2v) is 5.58. The molecule has 3 rings (SSSR count). The van der Waals surface area contributed by atoms with Gasteiger partial charge in [-0.3, -0.25) is 15.2 Å². The standard InChI is InChI=1S/C18H18N6O3/c1-3-27-14-9-10-15(16(11-14)24(25)26)21-22-17-12(2)20-23-18(17)19-13-7-5-4-6-8-13/h4-11H,3H2,1-2H3,(H2,19,20,23). The number of hydrogen-bond donors (Lipinski definition) is 2. The number of aromatic amines is 1. The lowest BCUT2D eigenvalue weighted by molar-refractivity contribution is -0.384. The monoisotopic (exact) mass is 366 g/mol. The molecule has 0 amide bonds. The zero-order chi connectivity index (χ0) is 19.2. The Kier molecular flexibility index (Phi) is 5.41. The first-order chi connectivity index (χ1) is 13.1. The van der Waals surface area contributed by atoms with Crippen molar-refractivity contribution in [1.82, 2.24) is 10.2 Å². The third-order valence-electron chi connectivity index (χ3n) is 3.66. The molecule has 0 fully saturated rings. The molecule has 0 radical (unpaired) electrons. The van der Waals surface area contributed by atoms with Crippen molar-refractivity contribution in [3.63, 3.8) is 0 Å². The molecule has 0 bridgehead atoms. The summed E-state index contributed by atoms with van der Waals surface area (Å²) in [6, 6.07) is 13.9. The van der Waals surface area contributed by atoms with Gasteiger partial charge in [-0.2, -0.15) is 5.10 Å². The van der Waals surface area contributed by atoms with Crippen molar-refractivity contribution in [2.45, 2.75) is 13.8 Å². The van der Waals surface area contributed by atoms with Crippen LogP contribution in [0, 0.1) is 17.0 Å². The maximum absolute atomic E-state index is 11.3. The van der Waals surface area contributed by atoms with Crippen LogP contribution in [0.2, 0.25) is 0 Å². The molecular weight excluding hydrogens is 348 g/mol. The fraction of sp³-hybridized carbons (Fsp3) is 0.167. The highest BCUT2D eigenvalue weighted by molar-refractivity contribution is 5.70. The van der Waals surface area contributed by atoms with Gasteiger partial charge in [0.25, 0.3) is 5.69 Å². The van der Waals surface area contributed by atoms with Gasteiger partial charge in [-0.15, -0.1) is 10.2 Å². The lowest BCUT2D eigenvalue weighted by Gasteiger charge is -2.04. The minimum Gasteiger partial charge on any atom is -0.494 e. The number of nitro groups is 1. The van der Waals surface area contributed by atoms with Crippen molar-refractivity contribution in [2.75, 3.05) is 11.9 Å². The van der Waals surface area contributed by atoms with Gasteiger partial charge in [0, 0.05) is 5.69 Å². The third-order valence-corrected chi connectivity index (χ3v) is 3.66. The Bertz CT molecular complexity index is 968. The van der Waals surface area contributed by atoms with Gasteiger partial charge < -0.3 is 10.1 Å². The lowest BCUT2D eigenvalue weighted by Crippen LogP contribution is -1.94. The number of azo groups is 1. The van der Waals surface area contributed by atoms with Gasteiger partial charge >= 0.3 is 0 Å². The molecule has 2 aromatic carbocycles. The number of aromatic nitrogens is 2. The van der Waals surface area contributed by atoms with Gasteiger partial charge in [-0.1, -0.05) is 18.2 Å². The van der Waals surface area contributed by atoms with Gasteiger partial charge in [0.05, 0.1) is 23.3 Å². The number of nitrogens with one attached hydrogen (secondary N) is 2. The lowest BCUT2D eigenvalue weighted by atomic mass is 10.2. The van der Waals surface area contributed by atoms with E-state index in [1.807, 2.05) is 37.3 Å². The van der Waals surface area contributed by atoms with Crippen molar-refractivity contribution >= 4 is 28.6 Å². The van der Waals surface area contributed by atoms with E-state index in [4.69, 9.17) is 4.74 Å². The minimum absolute atomic E-state index is 0.134. The predicted molar refractivity (Wildman–Crippen MR) is 101 cm³/mol. The number of para-hydroxylation sites is 1. The predicted octanol–water partition coefficient (Wildman–Crippen LogP) is 5.18. The van der Waals surface area contributed by atoms with Crippen LogP contribution in [-0.4, -0.2) is 21.7 Å². The third kappa shape index (κ3) is 4.27. The van der Waals surface area contributed by atoms with E-state index in [0.717, 1.165) is 5.69 Å². The number of nitrogens with zero attached hydrogens (tertiary/aromatic N) is 4. The zero-order valence-corrected chi connectivity index (χ0v) is 14.8. The largest absolute Gasteiger partial charge is 0.494 e. The Morgan fingerprint density at radius 3 is 2.70 bits per heavy atom. The highest BCUT2D eigenvalue weighted by Crippen LogP contribution is 2.35. The Morgan fingerprint density at radius 1 is 1.22 bits per heavy atom. The fourth-order valence-corrected chi connectivity index (χ4v) is 2.39. The molecule has 138 valence electrons. The molecule has 0 aliphatic carbocycles. The van der Waals surface area contributed by atoms with Crippen LogP contribution < -0.4 is 10.1 Å². The molecule has 2 N–H and O–H groups in total. The smallest absolute Gasteiger partial charge is 0.300 e. The summed E-state index contributed by atoms with van der Waals surface area (Å²) in [6.07, 6.45) is 0. The highest BCUT2D eigenvalue weighted by atomic mass is 16.6. The van der Waals surface area contributed by atoms with Gasteiger partial charge in [-0.05, 0) is 38.1 Å². The highest BCUT2D eigenvalue weighted by Gasteiger charge is 2.16. The topological polar surface area (TPSA) is 118 Å². The Hall–Kier alpha value is -3.75. The summed E-state index contributed by atoms with van der Waals surface area (Å²) in [6.45, 7) is 4.02. The van der Waals surface area contributed by atoms with E-state index in [1.54, 1.807) is 13.0 Å². The van der Waals surface area contributed by atoms with Crippen molar-refractivity contribution in [3.8, 4) is 5.75 Å². The van der Waals surface area contributed by atoms with Gasteiger partial charge in [0.1, 0.15) is 5.75 Å². The van der Waals surface area contributed by atoms with E-state index >= 15 is 0 Å². The van der Waals surface area contributed by atoms with Crippen LogP contribution in [0.3, 0.4) is 0 Å². The molecule has 0 unspecified atom stereocenters. The van der Waals surface area contributed by atoms with Crippen molar-refractivity contribution in [3.05, 3.63) is 64.3 Å². The second kappa shape index (κ2) is 8.09. The second-order valence-electron chi connectivity index (χ2n) is 5.58. The first-order valence-corrected chi connectivity index (χ1v) is 8.28. The zero-order valence-electron chi connectivity index (χ0n) is 14.8. The van der Waals surface area contributed by atoms with Crippen LogP contribution in [0.15, 0.2) is 58.8 Å². The van der Waals surface area contributed by atoms with Crippen molar-refractivity contribution < 1.29 is 9.66 Å². The Morgan fingerprint density at radius 2 is 2.00 bits per heavy atom. The molecule has 1 aromatic heterocycles. The average molecular weight is 366 g/mol. The van der Waals surface area contributed by atoms with Crippen LogP contribution in [-0.2, 0) is 0 Å². The van der Waals surface area contributed by atoms with Gasteiger partial charge in [0.15, 0.2) is 17.2 Å². The van der Waals surface area contributed by atoms with E-state index in [1.165, 1.54) is 12.1 Å². The maximum atomic E-state index is 11.3. The number of anilines is 2. The van der Waals surface area contributed by atoms with Crippen molar-refractivity contribution in [2.24, 2.45) is 10.2 Å². The number of benzene rings is 2. The molecule has 9 heteroatoms. The van der Waals surface area contributed by atoms with Crippen molar-refractivity contribution in [1.29, 1.82) is 0 Å². The van der Waals surface area contributed by atoms with Crippen LogP contribution in [0.1, 0.15) is 12.6 Å². The van der Waals surface area contributed by atoms with Gasteiger partial charge in [-0.25, -0.2) is 0 Å². The SMILES string of the molecule is CCOc1ccc(N=Nc2c(Nc3ccccc3)n[nH]c2C)c([N+](=O)[O-])c1. The summed E-state index contributed by atoms with van der Waals surface area (Å²) in [5.41, 5.74) is 1.96. The molecular formula is C18H18N6O3. The fourth-order valence-electron chi connectivity index (χ4n) is 2.39. The van der Waals surface area contributed by atoms with E-state index < -0.39 is 4.92 Å². The number of aryl methyl sites for hydroxylation is 1. The van der Waals surface area contributed by atoms with E-state index in [-0.39, 0.29) is 11.4 Å². The van der Waals surface area contributed by atoms with E-state index in [0.29, 0.717) is 29.6 Å². The molecule has 0 atom stereocenters. The molecule has 0 aliphatic heterocycles. The normalized spacial score (nSPS) is 10.9. The average Bonchev–Trinajstić information content (AvgIpc) is 3.01. The van der Waals surface area contributed by atoms with Crippen LogP contribution in [0.25, 0.3) is 0 Å². The maximum Gasteiger partial charge on any atom is 0.300 e. The first-order valence-electron chi connectivity index (χ1n) is 8.28. The minimum atomic E-state index is -0.512. The summed E-state index contributed by atoms with van der Waals surface area (Å²) >= 11 is 0. The number of nitro benzene ring substituents is 1. The molecule has 3 aromatic rings. The number of hydrogen-bond acceptors (Lipinski definition) is 7. The molecule has 1 heterocycles. The quantitative estimate of drug-likeness (QED) is 0.339. The summed E-state index contributed by atoms with van der Waals surface area (Å²) in [7, 11) is 0. The van der Waals surface area contributed by atoms with Gasteiger partial charge in [0.2, 0.25) is 0 Å². The molecule has 9 nitrogen and oxygen atoms in total. The van der Waals surface area contributed by atoms with Crippen LogP contribution >= 0.6 is 0 Å². The molecule has 0 spiro atoms. The van der Waals surface area contributed by atoms with E-state index in [9.17, 15) is 10.1 Å². The molecule has 0 saturated heterocycles. The van der Waals surface area contributed by atoms with E-state index in [2.05, 4.69) is 25.7 Å². The molecule has 0 aliphatic rings. The summed E-state index contributed by atoms with van der Waals surface area (Å²) in [5.74, 6) is 0.894. The summed E-state index contributed by atoms with van der Waals surface area (Å²) in [5, 5.41) is 29.7. The number of rotatable bonds is 7. The Balaban J connectivity index is 1.90. The molecule has 27 heavy (non-hydrogen) atoms. The van der Waals surface area contributed by atoms with Crippen LogP contribution in [0.4, 0.5) is 28.6 Å². The Labute approximate surface area is 155 Å². The first kappa shape index (κ1) is 18.1. The summed E-state index contributed by atoms with van der Waals surface area (Å²) < 4.78 is 5.30. The molecule has 0 saturated carbocycles. The van der Waals surface area contributed by atoms with Crippen LogP contribution in [0.5, 0.6) is 5.75 Å². The number of ether oxygens (including phenoxy) is 1. The number of H-pyrrole nitrogens is 1.